The highest BCUT2D eigenvalue weighted by molar-refractivity contribution is 4.92. The molecule has 0 aliphatic carbocycles. The zero-order valence-corrected chi connectivity index (χ0v) is 4.63. The van der Waals surface area contributed by atoms with Gasteiger partial charge < -0.3 is 0 Å². The number of aromatic amines is 1. The molecule has 0 saturated carbocycles. The summed E-state index contributed by atoms with van der Waals surface area (Å²) in [6, 6.07) is 5.61. The summed E-state index contributed by atoms with van der Waals surface area (Å²) in [6.07, 6.45) is 0. The lowest BCUT2D eigenvalue weighted by Gasteiger charge is -1.62. The van der Waals surface area contributed by atoms with Gasteiger partial charge in [-0.25, -0.2) is 0 Å². The van der Waals surface area contributed by atoms with Gasteiger partial charge in [-0.3, -0.25) is 14.6 Å². The van der Waals surface area contributed by atoms with Crippen LogP contribution in [0.4, 0.5) is 0 Å². The molecule has 0 aromatic carbocycles. The average molecular weight is 123 g/mol. The fraction of sp³-hybridized carbons (Fsp3) is 0. The maximum atomic E-state index is 10.4. The number of aromatic nitrogens is 1. The second-order valence-corrected chi connectivity index (χ2v) is 1.57. The van der Waals surface area contributed by atoms with Gasteiger partial charge in [-0.15, -0.1) is 0 Å². The van der Waals surface area contributed by atoms with Crippen molar-refractivity contribution in [3.63, 3.8) is 0 Å². The molecule has 0 atom stereocenters. The molecule has 1 rings (SSSR count). The first-order valence-electron chi connectivity index (χ1n) is 2.49. The van der Waals surface area contributed by atoms with Crippen molar-refractivity contribution in [3.05, 3.63) is 45.0 Å². The van der Waals surface area contributed by atoms with E-state index in [-0.39, 0.29) is 11.1 Å². The van der Waals surface area contributed by atoms with E-state index in [4.69, 9.17) is 0 Å². The molecular formula is C6H5NO2. The van der Waals surface area contributed by atoms with E-state index < -0.39 is 0 Å². The van der Waals surface area contributed by atoms with Gasteiger partial charge in [0.05, 0.1) is 0 Å². The van der Waals surface area contributed by atoms with E-state index >= 15 is 0 Å². The molecular weight excluding hydrogens is 118 g/mol. The second-order valence-electron chi connectivity index (χ2n) is 1.57. The van der Waals surface area contributed by atoms with Crippen LogP contribution in [0.1, 0.15) is 0 Å². The molecule has 0 radical (unpaired) electrons. The summed E-state index contributed by atoms with van der Waals surface area (Å²) >= 11 is 0. The minimum absolute atomic E-state index is 0.370. The fourth-order valence-electron chi connectivity index (χ4n) is 0.491. The third kappa shape index (κ3) is 1.53. The first-order valence-corrected chi connectivity index (χ1v) is 2.49. The number of hydrogen-bond donors (Lipinski definition) is 1. The maximum absolute atomic E-state index is 10.4. The molecule has 0 bridgehead atoms. The molecule has 1 aromatic heterocycles. The lowest BCUT2D eigenvalue weighted by atomic mass is 10.5. The van der Waals surface area contributed by atoms with E-state index in [1.807, 2.05) is 0 Å². The fourth-order valence-corrected chi connectivity index (χ4v) is 0.491. The number of rotatable bonds is 0. The molecule has 9 heavy (non-hydrogen) atoms. The molecule has 46 valence electrons. The highest BCUT2D eigenvalue weighted by Gasteiger charge is 1.76. The summed E-state index contributed by atoms with van der Waals surface area (Å²) in [4.78, 5) is 23.0. The summed E-state index contributed by atoms with van der Waals surface area (Å²) in [5.74, 6) is 0. The van der Waals surface area contributed by atoms with Crippen LogP contribution in [-0.4, -0.2) is 4.98 Å². The van der Waals surface area contributed by atoms with Crippen LogP contribution in [0.25, 0.3) is 0 Å². The molecule has 0 aliphatic rings. The molecule has 0 spiro atoms. The molecule has 0 fully saturated rings. The molecule has 0 unspecified atom stereocenters. The normalized spacial score (nSPS) is 8.89. The van der Waals surface area contributed by atoms with Crippen molar-refractivity contribution in [2.45, 2.75) is 0 Å². The number of nitrogens with one attached hydrogen (secondary N) is 1. The second kappa shape index (κ2) is 2.26. The summed E-state index contributed by atoms with van der Waals surface area (Å²) in [6.45, 7) is 0. The van der Waals surface area contributed by atoms with Crippen LogP contribution >= 0.6 is 0 Å². The van der Waals surface area contributed by atoms with Crippen molar-refractivity contribution in [2.24, 2.45) is 0 Å². The zero-order valence-electron chi connectivity index (χ0n) is 4.63. The van der Waals surface area contributed by atoms with Gasteiger partial charge in [0.25, 0.3) is 11.1 Å². The van der Waals surface area contributed by atoms with Gasteiger partial charge in [-0.2, -0.15) is 0 Å². The largest absolute Gasteiger partial charge is 0.289 e. The Morgan fingerprint density at radius 3 is 1.89 bits per heavy atom. The third-order valence-corrected chi connectivity index (χ3v) is 0.853. The topological polar surface area (TPSA) is 49.9 Å². The molecule has 1 heterocycles. The summed E-state index contributed by atoms with van der Waals surface area (Å²) in [5, 5.41) is 0. The van der Waals surface area contributed by atoms with Crippen LogP contribution < -0.4 is 11.1 Å². The Labute approximate surface area is 51.0 Å². The van der Waals surface area contributed by atoms with E-state index in [9.17, 15) is 9.59 Å². The van der Waals surface area contributed by atoms with Gasteiger partial charge in [-0.05, 0) is 0 Å². The van der Waals surface area contributed by atoms with E-state index in [1.54, 1.807) is 0 Å². The monoisotopic (exact) mass is 123 g/mol. The van der Waals surface area contributed by atoms with Crippen LogP contribution in [-0.2, 0) is 0 Å². The standard InChI is InChI=1S/C6H5NO2/c8-5-3-1-2-4-6(9)7-5/h1-4H,(H,7,8,9). The van der Waals surface area contributed by atoms with Gasteiger partial charge in [0.2, 0.25) is 0 Å². The Kier molecular flexibility index (Phi) is 1.44. The molecule has 0 saturated heterocycles. The SMILES string of the molecule is O=c1ccccc(=O)[nH]1. The lowest BCUT2D eigenvalue weighted by Crippen LogP contribution is -2.11. The highest BCUT2D eigenvalue weighted by atomic mass is 16.2. The number of H-pyrrole nitrogens is 1. The van der Waals surface area contributed by atoms with Crippen LogP contribution in [0.15, 0.2) is 33.9 Å². The smallest absolute Gasteiger partial charge is 0.250 e. The van der Waals surface area contributed by atoms with E-state index in [0.29, 0.717) is 0 Å². The van der Waals surface area contributed by atoms with E-state index in [1.165, 1.54) is 24.3 Å². The minimum Gasteiger partial charge on any atom is -0.289 e. The van der Waals surface area contributed by atoms with Crippen LogP contribution in [0.3, 0.4) is 0 Å². The van der Waals surface area contributed by atoms with Crippen molar-refractivity contribution in [1.82, 2.24) is 4.98 Å². The molecule has 3 nitrogen and oxygen atoms in total. The van der Waals surface area contributed by atoms with Crippen molar-refractivity contribution in [1.29, 1.82) is 0 Å². The first kappa shape index (κ1) is 5.75. The molecule has 1 N–H and O–H groups in total. The Balaban J connectivity index is 3.56. The lowest BCUT2D eigenvalue weighted by molar-refractivity contribution is 1.20. The molecule has 3 heteroatoms. The van der Waals surface area contributed by atoms with Gasteiger partial charge in [-0.1, -0.05) is 12.1 Å². The Bertz CT molecular complexity index is 272. The predicted molar refractivity (Wildman–Crippen MR) is 33.3 cm³/mol. The Morgan fingerprint density at radius 2 is 1.44 bits per heavy atom. The van der Waals surface area contributed by atoms with Crippen molar-refractivity contribution in [2.75, 3.05) is 0 Å². The van der Waals surface area contributed by atoms with Gasteiger partial charge in [0.1, 0.15) is 0 Å². The first-order chi connectivity index (χ1) is 4.29. The molecule has 0 aliphatic heterocycles. The van der Waals surface area contributed by atoms with Crippen molar-refractivity contribution >= 4 is 0 Å². The summed E-state index contributed by atoms with van der Waals surface area (Å²) in [7, 11) is 0. The minimum atomic E-state index is -0.370. The number of hydrogen-bond acceptors (Lipinski definition) is 2. The molecule has 1 aromatic rings. The van der Waals surface area contributed by atoms with Gasteiger partial charge >= 0.3 is 0 Å². The van der Waals surface area contributed by atoms with Crippen molar-refractivity contribution in [3.8, 4) is 0 Å². The van der Waals surface area contributed by atoms with Crippen LogP contribution in [0, 0.1) is 0 Å². The third-order valence-electron chi connectivity index (χ3n) is 0.853. The highest BCUT2D eigenvalue weighted by Crippen LogP contribution is 1.64. The van der Waals surface area contributed by atoms with E-state index in [2.05, 4.69) is 4.98 Å². The summed E-state index contributed by atoms with van der Waals surface area (Å²) in [5.41, 5.74) is -0.741. The van der Waals surface area contributed by atoms with Crippen LogP contribution in [0.2, 0.25) is 0 Å². The molecule has 0 amide bonds. The van der Waals surface area contributed by atoms with Gasteiger partial charge in [0, 0.05) is 12.1 Å². The Hall–Kier alpha value is -1.38. The Morgan fingerprint density at radius 1 is 1.00 bits per heavy atom. The van der Waals surface area contributed by atoms with Crippen LogP contribution in [0.5, 0.6) is 0 Å². The maximum Gasteiger partial charge on any atom is 0.250 e. The zero-order chi connectivity index (χ0) is 6.69. The summed E-state index contributed by atoms with van der Waals surface area (Å²) < 4.78 is 0. The van der Waals surface area contributed by atoms with E-state index in [0.717, 1.165) is 0 Å². The predicted octanol–water partition coefficient (Wildman–Crippen LogP) is -0.265. The quantitative estimate of drug-likeness (QED) is 0.516. The van der Waals surface area contributed by atoms with Gasteiger partial charge in [0.15, 0.2) is 0 Å². The van der Waals surface area contributed by atoms with Crippen molar-refractivity contribution < 1.29 is 0 Å². The average Bonchev–Trinajstić information content (AvgIpc) is 1.93.